The van der Waals surface area contributed by atoms with Gasteiger partial charge in [0.2, 0.25) is 0 Å². The fourth-order valence-electron chi connectivity index (χ4n) is 2.53. The molecule has 7 heteroatoms. The zero-order valence-electron chi connectivity index (χ0n) is 14.0. The van der Waals surface area contributed by atoms with Crippen molar-refractivity contribution in [2.24, 2.45) is 0 Å². The van der Waals surface area contributed by atoms with E-state index < -0.39 is 11.5 Å². The fraction of sp³-hybridized carbons (Fsp3) is 0.222. The molecule has 3 aromatic heterocycles. The summed E-state index contributed by atoms with van der Waals surface area (Å²) in [5.74, 6) is 0.840. The number of pyridine rings is 1. The van der Waals surface area contributed by atoms with Crippen molar-refractivity contribution >= 4 is 5.91 Å². The van der Waals surface area contributed by atoms with Gasteiger partial charge in [0.25, 0.3) is 11.5 Å². The zero-order valence-corrected chi connectivity index (χ0v) is 14.0. The van der Waals surface area contributed by atoms with Gasteiger partial charge in [-0.05, 0) is 50.5 Å². The van der Waals surface area contributed by atoms with Gasteiger partial charge in [0, 0.05) is 6.54 Å². The lowest BCUT2D eigenvalue weighted by atomic mass is 10.2. The third kappa shape index (κ3) is 3.72. The highest BCUT2D eigenvalue weighted by atomic mass is 16.3. The molecule has 25 heavy (non-hydrogen) atoms. The summed E-state index contributed by atoms with van der Waals surface area (Å²) in [6.07, 6.45) is 3.11. The summed E-state index contributed by atoms with van der Waals surface area (Å²) in [5.41, 5.74) is 0.103. The molecule has 3 heterocycles. The van der Waals surface area contributed by atoms with Gasteiger partial charge in [-0.15, -0.1) is 0 Å². The maximum absolute atomic E-state index is 12.4. The summed E-state index contributed by atoms with van der Waals surface area (Å²) >= 11 is 0. The third-order valence-electron chi connectivity index (χ3n) is 3.89. The van der Waals surface area contributed by atoms with Crippen LogP contribution in [-0.4, -0.2) is 36.4 Å². The Bertz CT molecular complexity index is 879. The molecule has 0 saturated carbocycles. The van der Waals surface area contributed by atoms with E-state index in [0.29, 0.717) is 18.0 Å². The topological polar surface area (TPSA) is 91.5 Å². The van der Waals surface area contributed by atoms with Gasteiger partial charge in [-0.3, -0.25) is 14.5 Å². The van der Waals surface area contributed by atoms with Crippen LogP contribution in [0.4, 0.5) is 0 Å². The van der Waals surface area contributed by atoms with Crippen molar-refractivity contribution in [3.63, 3.8) is 0 Å². The second-order valence-electron chi connectivity index (χ2n) is 5.80. The summed E-state index contributed by atoms with van der Waals surface area (Å²) in [6.45, 7) is 0.318. The molecule has 3 rings (SSSR count). The van der Waals surface area contributed by atoms with Gasteiger partial charge in [-0.2, -0.15) is 0 Å². The number of carbonyl (C=O) groups is 1. The van der Waals surface area contributed by atoms with E-state index in [2.05, 4.69) is 10.3 Å². The Kier molecular flexibility index (Phi) is 4.85. The SMILES string of the molecule is CN(C)[C@@H](CNC(=O)c1ccc(-c2ccco2)[nH]c1=O)c1ccco1. The van der Waals surface area contributed by atoms with E-state index in [1.165, 1.54) is 12.3 Å². The van der Waals surface area contributed by atoms with Crippen LogP contribution in [0.25, 0.3) is 11.5 Å². The minimum atomic E-state index is -0.467. The number of H-pyrrole nitrogens is 1. The van der Waals surface area contributed by atoms with E-state index in [0.717, 1.165) is 5.76 Å². The molecule has 7 nitrogen and oxygen atoms in total. The Morgan fingerprint density at radius 1 is 1.16 bits per heavy atom. The van der Waals surface area contributed by atoms with Gasteiger partial charge in [0.15, 0.2) is 0 Å². The molecule has 0 unspecified atom stereocenters. The maximum atomic E-state index is 12.4. The lowest BCUT2D eigenvalue weighted by Crippen LogP contribution is -2.36. The van der Waals surface area contributed by atoms with Crippen molar-refractivity contribution in [3.8, 4) is 11.5 Å². The summed E-state index contributed by atoms with van der Waals surface area (Å²) in [6, 6.07) is 10.1. The number of rotatable bonds is 6. The fourth-order valence-corrected chi connectivity index (χ4v) is 2.53. The maximum Gasteiger partial charge on any atom is 0.261 e. The standard InChI is InChI=1S/C18H19N3O4/c1-21(2)14(16-6-4-10-25-16)11-19-17(22)12-7-8-13(20-18(12)23)15-5-3-9-24-15/h3-10,14H,11H2,1-2H3,(H,19,22)(H,20,23)/t14-/m0/s1. The zero-order chi connectivity index (χ0) is 17.8. The summed E-state index contributed by atoms with van der Waals surface area (Å²) < 4.78 is 10.6. The van der Waals surface area contributed by atoms with Crippen LogP contribution in [0.15, 0.2) is 62.6 Å². The number of furan rings is 2. The molecule has 0 fully saturated rings. The average molecular weight is 341 g/mol. The monoisotopic (exact) mass is 341 g/mol. The second-order valence-corrected chi connectivity index (χ2v) is 5.80. The molecule has 2 N–H and O–H groups in total. The Balaban J connectivity index is 1.72. The predicted octanol–water partition coefficient (Wildman–Crippen LogP) is 2.26. The molecule has 0 radical (unpaired) electrons. The number of aromatic amines is 1. The largest absolute Gasteiger partial charge is 0.468 e. The number of aromatic nitrogens is 1. The van der Waals surface area contributed by atoms with Gasteiger partial charge >= 0.3 is 0 Å². The van der Waals surface area contributed by atoms with Gasteiger partial charge in [0.05, 0.1) is 24.3 Å². The number of carbonyl (C=O) groups excluding carboxylic acids is 1. The number of amides is 1. The van der Waals surface area contributed by atoms with Gasteiger partial charge in [-0.1, -0.05) is 0 Å². The molecule has 0 aliphatic rings. The lowest BCUT2D eigenvalue weighted by Gasteiger charge is -2.22. The van der Waals surface area contributed by atoms with E-state index in [1.54, 1.807) is 30.5 Å². The van der Waals surface area contributed by atoms with Crippen LogP contribution in [0, 0.1) is 0 Å². The Hall–Kier alpha value is -3.06. The summed E-state index contributed by atoms with van der Waals surface area (Å²) in [4.78, 5) is 29.1. The molecule has 0 aliphatic carbocycles. The van der Waals surface area contributed by atoms with Crippen LogP contribution < -0.4 is 10.9 Å². The van der Waals surface area contributed by atoms with E-state index >= 15 is 0 Å². The van der Waals surface area contributed by atoms with Gasteiger partial charge in [-0.25, -0.2) is 0 Å². The first-order chi connectivity index (χ1) is 12.1. The summed E-state index contributed by atoms with van der Waals surface area (Å²) in [7, 11) is 3.79. The number of nitrogens with one attached hydrogen (secondary N) is 2. The highest BCUT2D eigenvalue weighted by Crippen LogP contribution is 2.18. The molecule has 3 aromatic rings. The van der Waals surface area contributed by atoms with E-state index in [4.69, 9.17) is 8.83 Å². The molecule has 1 amide bonds. The van der Waals surface area contributed by atoms with Crippen LogP contribution in [0.1, 0.15) is 22.2 Å². The highest BCUT2D eigenvalue weighted by molar-refractivity contribution is 5.94. The molecule has 0 bridgehead atoms. The van der Waals surface area contributed by atoms with Crippen LogP contribution in [0.3, 0.4) is 0 Å². The highest BCUT2D eigenvalue weighted by Gasteiger charge is 2.19. The van der Waals surface area contributed by atoms with Gasteiger partial charge < -0.3 is 19.1 Å². The molecular weight excluding hydrogens is 322 g/mol. The molecular formula is C18H19N3O4. The number of hydrogen-bond acceptors (Lipinski definition) is 5. The first-order valence-corrected chi connectivity index (χ1v) is 7.81. The predicted molar refractivity (Wildman–Crippen MR) is 92.2 cm³/mol. The van der Waals surface area contributed by atoms with Gasteiger partial charge in [0.1, 0.15) is 17.1 Å². The molecule has 0 aromatic carbocycles. The molecule has 0 saturated heterocycles. The van der Waals surface area contributed by atoms with E-state index in [1.807, 2.05) is 25.1 Å². The van der Waals surface area contributed by atoms with Crippen molar-refractivity contribution in [2.75, 3.05) is 20.6 Å². The quantitative estimate of drug-likeness (QED) is 0.717. The van der Waals surface area contributed by atoms with Crippen LogP contribution in [0.5, 0.6) is 0 Å². The van der Waals surface area contributed by atoms with Crippen molar-refractivity contribution in [1.82, 2.24) is 15.2 Å². The van der Waals surface area contributed by atoms with Crippen molar-refractivity contribution in [1.29, 1.82) is 0 Å². The lowest BCUT2D eigenvalue weighted by molar-refractivity contribution is 0.0937. The summed E-state index contributed by atoms with van der Waals surface area (Å²) in [5, 5.41) is 2.78. The molecule has 0 aliphatic heterocycles. The number of nitrogens with zero attached hydrogens (tertiary/aromatic N) is 1. The Morgan fingerprint density at radius 2 is 1.92 bits per heavy atom. The Labute approximate surface area is 144 Å². The van der Waals surface area contributed by atoms with Crippen molar-refractivity contribution in [2.45, 2.75) is 6.04 Å². The first-order valence-electron chi connectivity index (χ1n) is 7.81. The van der Waals surface area contributed by atoms with Crippen LogP contribution >= 0.6 is 0 Å². The van der Waals surface area contributed by atoms with Crippen LogP contribution in [0.2, 0.25) is 0 Å². The minimum Gasteiger partial charge on any atom is -0.468 e. The first kappa shape index (κ1) is 16.8. The Morgan fingerprint density at radius 3 is 2.52 bits per heavy atom. The smallest absolute Gasteiger partial charge is 0.261 e. The third-order valence-corrected chi connectivity index (χ3v) is 3.89. The molecule has 130 valence electrons. The normalized spacial score (nSPS) is 12.3. The minimum absolute atomic E-state index is 0.0484. The molecule has 0 spiro atoms. The average Bonchev–Trinajstić information content (AvgIpc) is 3.28. The van der Waals surface area contributed by atoms with Crippen molar-refractivity contribution < 1.29 is 13.6 Å². The van der Waals surface area contributed by atoms with E-state index in [-0.39, 0.29) is 11.6 Å². The van der Waals surface area contributed by atoms with E-state index in [9.17, 15) is 9.59 Å². The number of hydrogen-bond donors (Lipinski definition) is 2. The molecule has 1 atom stereocenters. The van der Waals surface area contributed by atoms with Crippen LogP contribution in [-0.2, 0) is 0 Å². The number of likely N-dealkylation sites (N-methyl/N-ethyl adjacent to an activating group) is 1. The van der Waals surface area contributed by atoms with Crippen molar-refractivity contribution in [3.05, 3.63) is 70.6 Å². The second kappa shape index (κ2) is 7.23.